The van der Waals surface area contributed by atoms with E-state index in [2.05, 4.69) is 0 Å². The lowest BCUT2D eigenvalue weighted by Crippen LogP contribution is -2.14. The van der Waals surface area contributed by atoms with Gasteiger partial charge in [0.05, 0.1) is 16.7 Å². The van der Waals surface area contributed by atoms with Crippen molar-refractivity contribution < 1.29 is 9.53 Å². The molecule has 0 aliphatic carbocycles. The molecule has 0 radical (unpaired) electrons. The van der Waals surface area contributed by atoms with Crippen molar-refractivity contribution >= 4 is 23.3 Å². The number of rotatable bonds is 3. The first-order valence-electron chi connectivity index (χ1n) is 4.80. The number of benzene rings is 1. The Morgan fingerprint density at radius 3 is 2.80 bits per heavy atom. The molecule has 0 heterocycles. The zero-order chi connectivity index (χ0) is 11.4. The highest BCUT2D eigenvalue weighted by Crippen LogP contribution is 2.20. The van der Waals surface area contributed by atoms with Crippen LogP contribution >= 0.6 is 11.6 Å². The maximum Gasteiger partial charge on any atom is 0.339 e. The highest BCUT2D eigenvalue weighted by Gasteiger charge is 2.14. The van der Waals surface area contributed by atoms with E-state index in [0.29, 0.717) is 16.3 Å². The molecule has 0 fully saturated rings. The Balaban J connectivity index is 2.82. The van der Waals surface area contributed by atoms with E-state index in [1.807, 2.05) is 13.8 Å². The first kappa shape index (κ1) is 11.9. The smallest absolute Gasteiger partial charge is 0.339 e. The SMILES string of the molecule is CCC(C)OC(=O)c1ccc(N)cc1Cl. The molecule has 0 saturated carbocycles. The number of halogens is 1. The summed E-state index contributed by atoms with van der Waals surface area (Å²) in [5.41, 5.74) is 6.40. The molecule has 1 aromatic carbocycles. The van der Waals surface area contributed by atoms with Gasteiger partial charge in [0, 0.05) is 5.69 Å². The second-order valence-electron chi connectivity index (χ2n) is 3.36. The molecule has 82 valence electrons. The molecule has 0 aromatic heterocycles. The Morgan fingerprint density at radius 1 is 1.60 bits per heavy atom. The van der Waals surface area contributed by atoms with E-state index in [9.17, 15) is 4.79 Å². The van der Waals surface area contributed by atoms with E-state index < -0.39 is 5.97 Å². The highest BCUT2D eigenvalue weighted by atomic mass is 35.5. The molecule has 3 nitrogen and oxygen atoms in total. The Bertz CT molecular complexity index is 366. The van der Waals surface area contributed by atoms with Crippen LogP contribution in [0.1, 0.15) is 30.6 Å². The number of anilines is 1. The number of esters is 1. The van der Waals surface area contributed by atoms with Crippen molar-refractivity contribution in [1.29, 1.82) is 0 Å². The Kier molecular flexibility index (Phi) is 3.97. The van der Waals surface area contributed by atoms with Gasteiger partial charge in [0.15, 0.2) is 0 Å². The van der Waals surface area contributed by atoms with Gasteiger partial charge in [0.2, 0.25) is 0 Å². The van der Waals surface area contributed by atoms with Gasteiger partial charge in [0.25, 0.3) is 0 Å². The van der Waals surface area contributed by atoms with Crippen molar-refractivity contribution in [2.24, 2.45) is 0 Å². The van der Waals surface area contributed by atoms with E-state index in [1.165, 1.54) is 6.07 Å². The molecule has 0 bridgehead atoms. The van der Waals surface area contributed by atoms with Crippen LogP contribution in [0.3, 0.4) is 0 Å². The van der Waals surface area contributed by atoms with Crippen molar-refractivity contribution in [3.8, 4) is 0 Å². The van der Waals surface area contributed by atoms with Crippen molar-refractivity contribution in [3.05, 3.63) is 28.8 Å². The van der Waals surface area contributed by atoms with Gasteiger partial charge in [-0.2, -0.15) is 0 Å². The largest absolute Gasteiger partial charge is 0.459 e. The minimum atomic E-state index is -0.408. The highest BCUT2D eigenvalue weighted by molar-refractivity contribution is 6.33. The average molecular weight is 228 g/mol. The minimum absolute atomic E-state index is 0.105. The molecule has 1 aromatic rings. The predicted octanol–water partition coefficient (Wildman–Crippen LogP) is 2.88. The molecule has 0 amide bonds. The molecule has 0 aliphatic rings. The second kappa shape index (κ2) is 5.03. The quantitative estimate of drug-likeness (QED) is 0.638. The summed E-state index contributed by atoms with van der Waals surface area (Å²) in [5, 5.41) is 0.323. The number of nitrogens with two attached hydrogens (primary N) is 1. The summed E-state index contributed by atoms with van der Waals surface area (Å²) in [6, 6.07) is 4.73. The van der Waals surface area contributed by atoms with Gasteiger partial charge in [-0.3, -0.25) is 0 Å². The average Bonchev–Trinajstić information content (AvgIpc) is 2.17. The third-order valence-electron chi connectivity index (χ3n) is 2.10. The number of hydrogen-bond donors (Lipinski definition) is 1. The number of hydrogen-bond acceptors (Lipinski definition) is 3. The fraction of sp³-hybridized carbons (Fsp3) is 0.364. The lowest BCUT2D eigenvalue weighted by atomic mass is 10.2. The number of ether oxygens (including phenoxy) is 1. The van der Waals surface area contributed by atoms with Crippen LogP contribution in [-0.4, -0.2) is 12.1 Å². The van der Waals surface area contributed by atoms with Gasteiger partial charge in [-0.1, -0.05) is 18.5 Å². The molecule has 2 N–H and O–H groups in total. The van der Waals surface area contributed by atoms with E-state index in [1.54, 1.807) is 12.1 Å². The maximum absolute atomic E-state index is 11.6. The van der Waals surface area contributed by atoms with Crippen LogP contribution in [-0.2, 0) is 4.74 Å². The summed E-state index contributed by atoms with van der Waals surface area (Å²) < 4.78 is 5.14. The van der Waals surface area contributed by atoms with Crippen LogP contribution in [0.15, 0.2) is 18.2 Å². The summed E-state index contributed by atoms with van der Waals surface area (Å²) in [6.45, 7) is 3.78. The maximum atomic E-state index is 11.6. The standard InChI is InChI=1S/C11H14ClNO2/c1-3-7(2)15-11(14)9-5-4-8(13)6-10(9)12/h4-7H,3,13H2,1-2H3. The molecule has 4 heteroatoms. The summed E-state index contributed by atoms with van der Waals surface area (Å²) in [5.74, 6) is -0.408. The van der Waals surface area contributed by atoms with E-state index in [4.69, 9.17) is 22.1 Å². The molecule has 1 atom stereocenters. The number of carbonyl (C=O) groups excluding carboxylic acids is 1. The van der Waals surface area contributed by atoms with Crippen LogP contribution in [0.25, 0.3) is 0 Å². The monoisotopic (exact) mass is 227 g/mol. The molecule has 0 saturated heterocycles. The molecule has 1 rings (SSSR count). The van der Waals surface area contributed by atoms with Crippen LogP contribution in [0.5, 0.6) is 0 Å². The Labute approximate surface area is 94.2 Å². The molecule has 1 unspecified atom stereocenters. The van der Waals surface area contributed by atoms with Crippen molar-refractivity contribution in [1.82, 2.24) is 0 Å². The lowest BCUT2D eigenvalue weighted by Gasteiger charge is -2.11. The fourth-order valence-electron chi connectivity index (χ4n) is 1.03. The van der Waals surface area contributed by atoms with Crippen LogP contribution in [0.2, 0.25) is 5.02 Å². The Hall–Kier alpha value is -1.22. The minimum Gasteiger partial charge on any atom is -0.459 e. The lowest BCUT2D eigenvalue weighted by molar-refractivity contribution is 0.0335. The Morgan fingerprint density at radius 2 is 2.27 bits per heavy atom. The van der Waals surface area contributed by atoms with Gasteiger partial charge in [0.1, 0.15) is 0 Å². The predicted molar refractivity (Wildman–Crippen MR) is 61.0 cm³/mol. The molecule has 0 aliphatic heterocycles. The summed E-state index contributed by atoms with van der Waals surface area (Å²) in [7, 11) is 0. The van der Waals surface area contributed by atoms with E-state index >= 15 is 0 Å². The van der Waals surface area contributed by atoms with Gasteiger partial charge in [-0.15, -0.1) is 0 Å². The zero-order valence-corrected chi connectivity index (χ0v) is 9.54. The number of nitrogen functional groups attached to an aromatic ring is 1. The van der Waals surface area contributed by atoms with Gasteiger partial charge in [-0.05, 0) is 31.5 Å². The van der Waals surface area contributed by atoms with Crippen molar-refractivity contribution in [2.75, 3.05) is 5.73 Å². The van der Waals surface area contributed by atoms with E-state index in [-0.39, 0.29) is 6.10 Å². The van der Waals surface area contributed by atoms with Crippen LogP contribution in [0, 0.1) is 0 Å². The third kappa shape index (κ3) is 3.13. The third-order valence-corrected chi connectivity index (χ3v) is 2.41. The van der Waals surface area contributed by atoms with Gasteiger partial charge < -0.3 is 10.5 Å². The molecular formula is C11H14ClNO2. The first-order valence-corrected chi connectivity index (χ1v) is 5.18. The summed E-state index contributed by atoms with van der Waals surface area (Å²) in [6.07, 6.45) is 0.671. The summed E-state index contributed by atoms with van der Waals surface area (Å²) in [4.78, 5) is 11.6. The summed E-state index contributed by atoms with van der Waals surface area (Å²) >= 11 is 5.87. The van der Waals surface area contributed by atoms with Crippen LogP contribution < -0.4 is 5.73 Å². The van der Waals surface area contributed by atoms with Gasteiger partial charge in [-0.25, -0.2) is 4.79 Å². The topological polar surface area (TPSA) is 52.3 Å². The molecular weight excluding hydrogens is 214 g/mol. The van der Waals surface area contributed by atoms with E-state index in [0.717, 1.165) is 6.42 Å². The van der Waals surface area contributed by atoms with Crippen molar-refractivity contribution in [3.63, 3.8) is 0 Å². The number of carbonyl (C=O) groups is 1. The molecule has 15 heavy (non-hydrogen) atoms. The normalized spacial score (nSPS) is 12.2. The molecule has 0 spiro atoms. The van der Waals surface area contributed by atoms with Gasteiger partial charge >= 0.3 is 5.97 Å². The fourth-order valence-corrected chi connectivity index (χ4v) is 1.29. The first-order chi connectivity index (χ1) is 7.04. The second-order valence-corrected chi connectivity index (χ2v) is 3.77. The van der Waals surface area contributed by atoms with Crippen molar-refractivity contribution in [2.45, 2.75) is 26.4 Å². The zero-order valence-electron chi connectivity index (χ0n) is 8.79. The van der Waals surface area contributed by atoms with Crippen LogP contribution in [0.4, 0.5) is 5.69 Å².